The maximum Gasteiger partial charge on any atom is 0.330 e. The lowest BCUT2D eigenvalue weighted by Gasteiger charge is -2.03. The predicted octanol–water partition coefficient (Wildman–Crippen LogP) is -0.537. The van der Waals surface area contributed by atoms with Crippen molar-refractivity contribution in [1.29, 1.82) is 0 Å². The summed E-state index contributed by atoms with van der Waals surface area (Å²) in [6.07, 6.45) is 0. The fourth-order valence-electron chi connectivity index (χ4n) is 1.96. The van der Waals surface area contributed by atoms with Gasteiger partial charge in [0.2, 0.25) is 0 Å². The van der Waals surface area contributed by atoms with Gasteiger partial charge in [0, 0.05) is 13.6 Å². The van der Waals surface area contributed by atoms with Crippen LogP contribution in [0.3, 0.4) is 0 Å². The Kier molecular flexibility index (Phi) is 2.62. The third-order valence-corrected chi connectivity index (χ3v) is 2.77. The first-order chi connectivity index (χ1) is 7.97. The van der Waals surface area contributed by atoms with Crippen molar-refractivity contribution in [3.8, 4) is 0 Å². The summed E-state index contributed by atoms with van der Waals surface area (Å²) in [5.41, 5.74) is 5.66. The number of nitrogens with one attached hydrogen (secondary N) is 1. The van der Waals surface area contributed by atoms with Crippen molar-refractivity contribution >= 4 is 11.2 Å². The van der Waals surface area contributed by atoms with E-state index in [1.165, 1.54) is 4.57 Å². The van der Waals surface area contributed by atoms with Crippen LogP contribution in [0.25, 0.3) is 11.2 Å². The van der Waals surface area contributed by atoms with Crippen molar-refractivity contribution in [2.45, 2.75) is 26.4 Å². The number of aromatic nitrogens is 4. The molecule has 0 aromatic carbocycles. The fourth-order valence-corrected chi connectivity index (χ4v) is 1.96. The second kappa shape index (κ2) is 3.85. The topological polar surface area (TPSA) is 98.7 Å². The van der Waals surface area contributed by atoms with Gasteiger partial charge in [0.25, 0.3) is 5.56 Å². The normalized spacial score (nSPS) is 13.2. The van der Waals surface area contributed by atoms with Gasteiger partial charge in [-0.05, 0) is 13.8 Å². The number of hydrogen-bond donors (Lipinski definition) is 2. The zero-order valence-electron chi connectivity index (χ0n) is 10.0. The highest BCUT2D eigenvalue weighted by atomic mass is 16.2. The van der Waals surface area contributed by atoms with Gasteiger partial charge in [0.15, 0.2) is 11.2 Å². The highest BCUT2D eigenvalue weighted by Gasteiger charge is 2.17. The van der Waals surface area contributed by atoms with Crippen molar-refractivity contribution in [2.24, 2.45) is 12.8 Å². The molecule has 0 amide bonds. The SMILES string of the molecule is CCn1c(=O)[nH]c(=O)c2c1nc(C(C)N)n2C. The number of rotatable bonds is 2. The molecule has 0 saturated heterocycles. The maximum atomic E-state index is 11.8. The molecule has 0 fully saturated rings. The van der Waals surface area contributed by atoms with Crippen molar-refractivity contribution in [2.75, 3.05) is 0 Å². The molecule has 2 aromatic heterocycles. The number of H-pyrrole nitrogens is 1. The molecule has 0 spiro atoms. The molecule has 0 radical (unpaired) electrons. The fraction of sp³-hybridized carbons (Fsp3) is 0.500. The van der Waals surface area contributed by atoms with Crippen LogP contribution in [0.5, 0.6) is 0 Å². The van der Waals surface area contributed by atoms with E-state index in [1.807, 2.05) is 6.92 Å². The maximum absolute atomic E-state index is 11.8. The van der Waals surface area contributed by atoms with Crippen molar-refractivity contribution in [3.05, 3.63) is 26.7 Å². The summed E-state index contributed by atoms with van der Waals surface area (Å²) in [7, 11) is 1.72. The van der Waals surface area contributed by atoms with Gasteiger partial charge >= 0.3 is 5.69 Å². The molecule has 0 aliphatic heterocycles. The van der Waals surface area contributed by atoms with Gasteiger partial charge in [-0.2, -0.15) is 0 Å². The Hall–Kier alpha value is -1.89. The van der Waals surface area contributed by atoms with E-state index < -0.39 is 11.2 Å². The highest BCUT2D eigenvalue weighted by molar-refractivity contribution is 5.70. The van der Waals surface area contributed by atoms with Crippen molar-refractivity contribution < 1.29 is 0 Å². The number of imidazole rings is 1. The summed E-state index contributed by atoms with van der Waals surface area (Å²) >= 11 is 0. The van der Waals surface area contributed by atoms with Crippen LogP contribution in [0.4, 0.5) is 0 Å². The summed E-state index contributed by atoms with van der Waals surface area (Å²) in [4.78, 5) is 29.9. The van der Waals surface area contributed by atoms with Gasteiger partial charge in [0.05, 0.1) is 6.04 Å². The van der Waals surface area contributed by atoms with Gasteiger partial charge < -0.3 is 10.3 Å². The van der Waals surface area contributed by atoms with Crippen LogP contribution in [-0.4, -0.2) is 19.1 Å². The van der Waals surface area contributed by atoms with E-state index in [-0.39, 0.29) is 6.04 Å². The molecular formula is C10H15N5O2. The van der Waals surface area contributed by atoms with Crippen LogP contribution in [-0.2, 0) is 13.6 Å². The average Bonchev–Trinajstić information content (AvgIpc) is 2.57. The summed E-state index contributed by atoms with van der Waals surface area (Å²) in [5.74, 6) is 0.582. The summed E-state index contributed by atoms with van der Waals surface area (Å²) in [6.45, 7) is 4.05. The van der Waals surface area contributed by atoms with E-state index in [0.29, 0.717) is 23.5 Å². The number of fused-ring (bicyclic) bond motifs is 1. The molecule has 0 aliphatic carbocycles. The average molecular weight is 237 g/mol. The molecule has 0 aliphatic rings. The minimum absolute atomic E-state index is 0.299. The Morgan fingerprint density at radius 2 is 2.12 bits per heavy atom. The Balaban J connectivity index is 3.00. The van der Waals surface area contributed by atoms with Crippen molar-refractivity contribution in [3.63, 3.8) is 0 Å². The van der Waals surface area contributed by atoms with Gasteiger partial charge in [-0.25, -0.2) is 9.78 Å². The van der Waals surface area contributed by atoms with Gasteiger partial charge in [0.1, 0.15) is 5.82 Å². The molecule has 92 valence electrons. The van der Waals surface area contributed by atoms with Crippen LogP contribution in [0.2, 0.25) is 0 Å². The molecule has 7 nitrogen and oxygen atoms in total. The summed E-state index contributed by atoms with van der Waals surface area (Å²) in [5, 5.41) is 0. The summed E-state index contributed by atoms with van der Waals surface area (Å²) in [6, 6.07) is -0.299. The molecule has 2 aromatic rings. The molecule has 1 atom stereocenters. The lowest BCUT2D eigenvalue weighted by molar-refractivity contribution is 0.692. The second-order valence-corrected chi connectivity index (χ2v) is 3.99. The standard InChI is InChI=1S/C10H15N5O2/c1-4-15-8-6(9(16)13-10(15)17)14(3)7(12-8)5(2)11/h5H,4,11H2,1-3H3,(H,13,16,17). The molecular weight excluding hydrogens is 222 g/mol. The first-order valence-electron chi connectivity index (χ1n) is 5.42. The molecule has 2 heterocycles. The van der Waals surface area contributed by atoms with Gasteiger partial charge in [-0.15, -0.1) is 0 Å². The van der Waals surface area contributed by atoms with Gasteiger partial charge in [-0.1, -0.05) is 0 Å². The lowest BCUT2D eigenvalue weighted by Crippen LogP contribution is -2.30. The molecule has 2 rings (SSSR count). The first kappa shape index (κ1) is 11.6. The number of nitrogens with two attached hydrogens (primary N) is 1. The van der Waals surface area contributed by atoms with Gasteiger partial charge in [-0.3, -0.25) is 14.3 Å². The number of nitrogens with zero attached hydrogens (tertiary/aromatic N) is 3. The van der Waals surface area contributed by atoms with E-state index in [1.54, 1.807) is 18.5 Å². The van der Waals surface area contributed by atoms with Crippen LogP contribution >= 0.6 is 0 Å². The smallest absolute Gasteiger partial charge is 0.324 e. The zero-order valence-corrected chi connectivity index (χ0v) is 10.0. The van der Waals surface area contributed by atoms with Crippen molar-refractivity contribution in [1.82, 2.24) is 19.1 Å². The monoisotopic (exact) mass is 237 g/mol. The third kappa shape index (κ3) is 1.59. The van der Waals surface area contributed by atoms with Crippen LogP contribution in [0.1, 0.15) is 25.7 Å². The largest absolute Gasteiger partial charge is 0.330 e. The zero-order chi connectivity index (χ0) is 12.7. The second-order valence-electron chi connectivity index (χ2n) is 3.99. The highest BCUT2D eigenvalue weighted by Crippen LogP contribution is 2.13. The Labute approximate surface area is 96.9 Å². The lowest BCUT2D eigenvalue weighted by atomic mass is 10.3. The van der Waals surface area contributed by atoms with Crippen LogP contribution in [0, 0.1) is 0 Å². The van der Waals surface area contributed by atoms with E-state index >= 15 is 0 Å². The molecule has 1 unspecified atom stereocenters. The van der Waals surface area contributed by atoms with E-state index in [0.717, 1.165) is 0 Å². The van der Waals surface area contributed by atoms with E-state index in [4.69, 9.17) is 5.73 Å². The Morgan fingerprint density at radius 3 is 2.65 bits per heavy atom. The number of aryl methyl sites for hydroxylation is 2. The molecule has 7 heteroatoms. The van der Waals surface area contributed by atoms with Crippen LogP contribution < -0.4 is 17.0 Å². The third-order valence-electron chi connectivity index (χ3n) is 2.77. The summed E-state index contributed by atoms with van der Waals surface area (Å²) < 4.78 is 3.05. The quantitative estimate of drug-likeness (QED) is 0.733. The van der Waals surface area contributed by atoms with E-state index in [2.05, 4.69) is 9.97 Å². The Morgan fingerprint density at radius 1 is 1.47 bits per heavy atom. The molecule has 0 saturated carbocycles. The minimum Gasteiger partial charge on any atom is -0.324 e. The van der Waals surface area contributed by atoms with E-state index in [9.17, 15) is 9.59 Å². The number of aromatic amines is 1. The first-order valence-corrected chi connectivity index (χ1v) is 5.42. The van der Waals surface area contributed by atoms with Crippen LogP contribution in [0.15, 0.2) is 9.59 Å². The Bertz CT molecular complexity index is 676. The molecule has 3 N–H and O–H groups in total. The minimum atomic E-state index is -0.445. The predicted molar refractivity (Wildman–Crippen MR) is 63.9 cm³/mol. The molecule has 0 bridgehead atoms. The molecule has 17 heavy (non-hydrogen) atoms. The number of hydrogen-bond acceptors (Lipinski definition) is 4.